The molecule has 8 heteroatoms. The molecule has 2 aliphatic rings. The number of rotatable bonds is 2. The van der Waals surface area contributed by atoms with E-state index in [2.05, 4.69) is 15.4 Å². The topological polar surface area (TPSA) is 78.1 Å². The fraction of sp³-hybridized carbons (Fsp3) is 0.600. The van der Waals surface area contributed by atoms with Gasteiger partial charge in [0.15, 0.2) is 0 Å². The number of hydrogen-bond donors (Lipinski definition) is 0. The lowest BCUT2D eigenvalue weighted by atomic mass is 10.00. The Morgan fingerprint density at radius 2 is 2.30 bits per heavy atom. The van der Waals surface area contributed by atoms with Crippen LogP contribution < -0.4 is 0 Å². The van der Waals surface area contributed by atoms with Gasteiger partial charge >= 0.3 is 0 Å². The highest BCUT2D eigenvalue weighted by molar-refractivity contribution is 5.92. The van der Waals surface area contributed by atoms with Gasteiger partial charge in [0, 0.05) is 25.3 Å². The van der Waals surface area contributed by atoms with Crippen LogP contribution in [0.4, 0.5) is 0 Å². The van der Waals surface area contributed by atoms with Crippen molar-refractivity contribution >= 4 is 5.91 Å². The van der Waals surface area contributed by atoms with Crippen LogP contribution in [-0.4, -0.2) is 54.8 Å². The molecule has 0 aliphatic carbocycles. The van der Waals surface area contributed by atoms with Gasteiger partial charge in [-0.2, -0.15) is 5.10 Å². The zero-order valence-corrected chi connectivity index (χ0v) is 13.3. The average molecular weight is 316 g/mol. The van der Waals surface area contributed by atoms with E-state index in [0.717, 1.165) is 12.1 Å². The number of hydrogen-bond acceptors (Lipinski definition) is 5. The van der Waals surface area contributed by atoms with Gasteiger partial charge < -0.3 is 9.64 Å². The Kier molecular flexibility index (Phi) is 3.41. The highest BCUT2D eigenvalue weighted by Crippen LogP contribution is 2.30. The summed E-state index contributed by atoms with van der Waals surface area (Å²) in [5.41, 5.74) is 1.46. The molecule has 8 nitrogen and oxygen atoms in total. The van der Waals surface area contributed by atoms with Gasteiger partial charge in [0.1, 0.15) is 5.69 Å². The molecule has 0 radical (unpaired) electrons. The molecule has 4 heterocycles. The first-order chi connectivity index (χ1) is 11.1. The second kappa shape index (κ2) is 5.45. The van der Waals surface area contributed by atoms with Crippen molar-refractivity contribution in [3.63, 3.8) is 0 Å². The van der Waals surface area contributed by atoms with E-state index in [1.807, 2.05) is 29.6 Å². The van der Waals surface area contributed by atoms with Gasteiger partial charge in [0.25, 0.3) is 5.91 Å². The lowest BCUT2D eigenvalue weighted by Gasteiger charge is -2.40. The van der Waals surface area contributed by atoms with Crippen LogP contribution in [0.1, 0.15) is 48.5 Å². The molecular formula is C15H20N6O2. The van der Waals surface area contributed by atoms with Gasteiger partial charge in [-0.15, -0.1) is 5.10 Å². The largest absolute Gasteiger partial charge is 0.370 e. The highest BCUT2D eigenvalue weighted by atomic mass is 16.5. The molecule has 0 saturated carbocycles. The van der Waals surface area contributed by atoms with Crippen molar-refractivity contribution in [2.45, 2.75) is 45.1 Å². The summed E-state index contributed by atoms with van der Waals surface area (Å²) in [7, 11) is 0. The molecule has 122 valence electrons. The Hall–Kier alpha value is -2.22. The Balaban J connectivity index is 1.54. The highest BCUT2D eigenvalue weighted by Gasteiger charge is 2.38. The molecule has 2 atom stereocenters. The molecule has 0 N–H and O–H groups in total. The van der Waals surface area contributed by atoms with Crippen molar-refractivity contribution in [1.82, 2.24) is 29.7 Å². The SMILES string of the molecule is CC(C)n1ccc(C(=O)N2CCC3OCc4cnnn4C3C2)n1. The first-order valence-corrected chi connectivity index (χ1v) is 7.98. The number of likely N-dealkylation sites (tertiary alicyclic amines) is 1. The molecule has 23 heavy (non-hydrogen) atoms. The van der Waals surface area contributed by atoms with Crippen LogP contribution in [0, 0.1) is 0 Å². The molecule has 2 aromatic heterocycles. The van der Waals surface area contributed by atoms with E-state index >= 15 is 0 Å². The van der Waals surface area contributed by atoms with Crippen molar-refractivity contribution in [3.8, 4) is 0 Å². The van der Waals surface area contributed by atoms with Crippen LogP contribution in [0.5, 0.6) is 0 Å². The smallest absolute Gasteiger partial charge is 0.274 e. The minimum Gasteiger partial charge on any atom is -0.370 e. The third kappa shape index (κ3) is 2.42. The van der Waals surface area contributed by atoms with Crippen LogP contribution in [-0.2, 0) is 11.3 Å². The summed E-state index contributed by atoms with van der Waals surface area (Å²) < 4.78 is 9.59. The molecule has 2 aromatic rings. The summed E-state index contributed by atoms with van der Waals surface area (Å²) in [5.74, 6) is -0.0323. The monoisotopic (exact) mass is 316 g/mol. The molecular weight excluding hydrogens is 296 g/mol. The number of nitrogens with zero attached hydrogens (tertiary/aromatic N) is 6. The summed E-state index contributed by atoms with van der Waals surface area (Å²) >= 11 is 0. The molecule has 2 unspecified atom stereocenters. The third-order valence-corrected chi connectivity index (χ3v) is 4.57. The number of amides is 1. The average Bonchev–Trinajstić information content (AvgIpc) is 3.22. The first kappa shape index (κ1) is 14.4. The van der Waals surface area contributed by atoms with E-state index in [4.69, 9.17) is 4.74 Å². The molecule has 0 bridgehead atoms. The molecule has 2 aliphatic heterocycles. The summed E-state index contributed by atoms with van der Waals surface area (Å²) in [6.45, 7) is 5.88. The van der Waals surface area contributed by atoms with E-state index in [0.29, 0.717) is 25.4 Å². The molecule has 0 aromatic carbocycles. The number of fused-ring (bicyclic) bond motifs is 3. The third-order valence-electron chi connectivity index (χ3n) is 4.57. The minimum atomic E-state index is -0.0323. The molecule has 1 fully saturated rings. The Morgan fingerprint density at radius 1 is 1.43 bits per heavy atom. The van der Waals surface area contributed by atoms with E-state index in [-0.39, 0.29) is 24.1 Å². The van der Waals surface area contributed by atoms with Gasteiger partial charge in [0.05, 0.1) is 30.6 Å². The van der Waals surface area contributed by atoms with Gasteiger partial charge in [-0.3, -0.25) is 9.48 Å². The number of carbonyl (C=O) groups excluding carboxylic acids is 1. The maximum absolute atomic E-state index is 12.7. The molecule has 0 spiro atoms. The summed E-state index contributed by atoms with van der Waals surface area (Å²) in [6.07, 6.45) is 4.48. The van der Waals surface area contributed by atoms with Crippen LogP contribution in [0.15, 0.2) is 18.5 Å². The summed E-state index contributed by atoms with van der Waals surface area (Å²) in [6, 6.07) is 2.06. The van der Waals surface area contributed by atoms with Gasteiger partial charge in [-0.1, -0.05) is 5.21 Å². The quantitative estimate of drug-likeness (QED) is 0.827. The Labute approximate surface area is 134 Å². The predicted molar refractivity (Wildman–Crippen MR) is 80.8 cm³/mol. The van der Waals surface area contributed by atoms with Crippen LogP contribution in [0.2, 0.25) is 0 Å². The predicted octanol–water partition coefficient (Wildman–Crippen LogP) is 1.04. The Bertz CT molecular complexity index is 721. The summed E-state index contributed by atoms with van der Waals surface area (Å²) in [5, 5.41) is 12.5. The van der Waals surface area contributed by atoms with Gasteiger partial charge in [-0.05, 0) is 26.3 Å². The van der Waals surface area contributed by atoms with E-state index in [9.17, 15) is 4.79 Å². The number of carbonyl (C=O) groups is 1. The normalized spacial score (nSPS) is 23.7. The molecule has 1 amide bonds. The van der Waals surface area contributed by atoms with Crippen molar-refractivity contribution in [2.75, 3.05) is 13.1 Å². The maximum Gasteiger partial charge on any atom is 0.274 e. The molecule has 4 rings (SSSR count). The van der Waals surface area contributed by atoms with Crippen molar-refractivity contribution < 1.29 is 9.53 Å². The zero-order chi connectivity index (χ0) is 16.0. The second-order valence-corrected chi connectivity index (χ2v) is 6.40. The minimum absolute atomic E-state index is 0.0323. The standard InChI is InChI=1S/C15H20N6O2/c1-10(2)20-6-3-12(17-20)15(22)19-5-4-14-13(8-19)21-11(9-23-14)7-16-18-21/h3,6-7,10,13-14H,4-5,8-9H2,1-2H3. The van der Waals surface area contributed by atoms with Crippen molar-refractivity contribution in [3.05, 3.63) is 29.8 Å². The molecule has 1 saturated heterocycles. The number of aromatic nitrogens is 5. The first-order valence-electron chi connectivity index (χ1n) is 7.98. The number of piperidine rings is 1. The van der Waals surface area contributed by atoms with Crippen LogP contribution >= 0.6 is 0 Å². The van der Waals surface area contributed by atoms with Gasteiger partial charge in [0.2, 0.25) is 0 Å². The van der Waals surface area contributed by atoms with Gasteiger partial charge in [-0.25, -0.2) is 4.68 Å². The summed E-state index contributed by atoms with van der Waals surface area (Å²) in [4.78, 5) is 14.6. The van der Waals surface area contributed by atoms with E-state index < -0.39 is 0 Å². The lowest BCUT2D eigenvalue weighted by molar-refractivity contribution is -0.0605. The maximum atomic E-state index is 12.7. The zero-order valence-electron chi connectivity index (χ0n) is 13.3. The van der Waals surface area contributed by atoms with Crippen LogP contribution in [0.25, 0.3) is 0 Å². The Morgan fingerprint density at radius 3 is 3.09 bits per heavy atom. The van der Waals surface area contributed by atoms with E-state index in [1.165, 1.54) is 0 Å². The fourth-order valence-corrected chi connectivity index (χ4v) is 3.27. The second-order valence-electron chi connectivity index (χ2n) is 6.40. The lowest BCUT2D eigenvalue weighted by Crippen LogP contribution is -2.50. The van der Waals surface area contributed by atoms with Crippen LogP contribution in [0.3, 0.4) is 0 Å². The van der Waals surface area contributed by atoms with E-state index in [1.54, 1.807) is 16.9 Å². The number of ether oxygens (including phenoxy) is 1. The fourth-order valence-electron chi connectivity index (χ4n) is 3.27. The van der Waals surface area contributed by atoms with Crippen molar-refractivity contribution in [1.29, 1.82) is 0 Å². The van der Waals surface area contributed by atoms with Crippen molar-refractivity contribution in [2.24, 2.45) is 0 Å².